The molecule has 2 aliphatic heterocycles. The highest BCUT2D eigenvalue weighted by Crippen LogP contribution is 2.58. The first kappa shape index (κ1) is 42.0. The van der Waals surface area contributed by atoms with Crippen molar-refractivity contribution >= 4 is 34.8 Å². The molecule has 6 atom stereocenters. The summed E-state index contributed by atoms with van der Waals surface area (Å²) in [5, 5.41) is 7.74. The van der Waals surface area contributed by atoms with Gasteiger partial charge in [-0.25, -0.2) is 19.6 Å². The van der Waals surface area contributed by atoms with Gasteiger partial charge in [0.2, 0.25) is 5.91 Å². The first-order valence-corrected chi connectivity index (χ1v) is 22.6. The van der Waals surface area contributed by atoms with Crippen molar-refractivity contribution in [3.63, 3.8) is 0 Å². The van der Waals surface area contributed by atoms with Crippen molar-refractivity contribution in [2.75, 3.05) is 20.8 Å². The number of methoxy groups -OCH3 is 2. The van der Waals surface area contributed by atoms with Crippen LogP contribution in [0.4, 0.5) is 9.59 Å². The number of H-pyrrole nitrogens is 2. The summed E-state index contributed by atoms with van der Waals surface area (Å²) in [6.45, 7) is 4.51. The normalized spacial score (nSPS) is 21.4. The number of carbonyl (C=O) groups is 4. The van der Waals surface area contributed by atoms with Crippen molar-refractivity contribution in [3.05, 3.63) is 121 Å². The molecule has 0 radical (unpaired) electrons. The van der Waals surface area contributed by atoms with Gasteiger partial charge in [0.15, 0.2) is 0 Å². The average molecular weight is 875 g/mol. The highest BCUT2D eigenvalue weighted by molar-refractivity contribution is 5.91. The van der Waals surface area contributed by atoms with E-state index in [2.05, 4.69) is 81.3 Å². The third kappa shape index (κ3) is 7.99. The number of aromatic amines is 2. The van der Waals surface area contributed by atoms with Gasteiger partial charge in [-0.05, 0) is 101 Å². The largest absolute Gasteiger partial charge is 0.453 e. The molecule has 65 heavy (non-hydrogen) atoms. The Labute approximate surface area is 377 Å². The smallest absolute Gasteiger partial charge is 0.407 e. The Hall–Kier alpha value is -6.96. The number of imidazole rings is 2. The Kier molecular flexibility index (Phi) is 10.9. The van der Waals surface area contributed by atoms with Gasteiger partial charge in [-0.3, -0.25) is 9.59 Å². The van der Waals surface area contributed by atoms with Gasteiger partial charge in [-0.1, -0.05) is 92.7 Å². The molecule has 4 aromatic carbocycles. The van der Waals surface area contributed by atoms with E-state index in [1.165, 1.54) is 14.2 Å². The molecule has 6 unspecified atom stereocenters. The summed E-state index contributed by atoms with van der Waals surface area (Å²) < 4.78 is 9.73. The van der Waals surface area contributed by atoms with Gasteiger partial charge >= 0.3 is 12.2 Å². The molecule has 2 aromatic heterocycles. The summed E-state index contributed by atoms with van der Waals surface area (Å²) in [5.74, 6) is 1.40. The Morgan fingerprint density at radius 2 is 1.34 bits per heavy atom. The second-order valence-corrected chi connectivity index (χ2v) is 18.7. The van der Waals surface area contributed by atoms with Crippen LogP contribution in [-0.4, -0.2) is 86.6 Å². The first-order chi connectivity index (χ1) is 31.5. The summed E-state index contributed by atoms with van der Waals surface area (Å²) in [7, 11) is 2.61. The Morgan fingerprint density at radius 1 is 0.723 bits per heavy atom. The molecule has 4 heterocycles. The lowest BCUT2D eigenvalue weighted by Gasteiger charge is -2.36. The standard InChI is InChI=1S/C51H54N8O6/c1-29(2)42(56-49(62)64-3)47(60)58-28-51(20-21-51)25-41(58)45-52-27-40(54-45)36-17-16-34-22-33(14-15-35(34)23-36)30-10-12-31(13-11-30)39-26-53-46(55-39)44-37-18-19-38(24-37)59(44)48(61)43(57-50(63)65-4)32-8-6-5-7-9-32/h5-17,22-23,26-27,29,37-38,41-44H,18-21,24-25,28H2,1-4H3,(H,52,54)(H,53,55)(H,56,62)(H,57,63). The number of aromatic nitrogens is 4. The molecule has 4 N–H and O–H groups in total. The summed E-state index contributed by atoms with van der Waals surface area (Å²) in [6, 6.07) is 28.7. The second kappa shape index (κ2) is 16.9. The number of hydrogen-bond acceptors (Lipinski definition) is 8. The summed E-state index contributed by atoms with van der Waals surface area (Å²) in [6.07, 6.45) is 8.28. The molecule has 2 saturated heterocycles. The molecule has 4 aliphatic rings. The number of amides is 4. The lowest BCUT2D eigenvalue weighted by atomic mass is 9.96. The molecule has 2 aliphatic carbocycles. The molecule has 334 valence electrons. The maximum atomic E-state index is 14.3. The molecule has 4 fully saturated rings. The monoisotopic (exact) mass is 874 g/mol. The number of hydrogen-bond donors (Lipinski definition) is 4. The van der Waals surface area contributed by atoms with Crippen molar-refractivity contribution in [1.29, 1.82) is 0 Å². The van der Waals surface area contributed by atoms with E-state index in [0.717, 1.165) is 94.6 Å². The minimum Gasteiger partial charge on any atom is -0.453 e. The number of piperidine rings is 1. The average Bonchev–Trinajstić information content (AvgIpc) is 3.97. The molecule has 6 aromatic rings. The molecular formula is C51H54N8O6. The number of ether oxygens (including phenoxy) is 2. The number of nitrogens with one attached hydrogen (secondary N) is 4. The zero-order valence-electron chi connectivity index (χ0n) is 37.0. The van der Waals surface area contributed by atoms with E-state index in [1.54, 1.807) is 0 Å². The number of alkyl carbamates (subject to hydrolysis) is 2. The number of likely N-dealkylation sites (tertiary alicyclic amines) is 2. The third-order valence-corrected chi connectivity index (χ3v) is 14.3. The zero-order chi connectivity index (χ0) is 45.0. The van der Waals surface area contributed by atoms with Gasteiger partial charge in [-0.2, -0.15) is 0 Å². The fourth-order valence-corrected chi connectivity index (χ4v) is 10.6. The van der Waals surface area contributed by atoms with Crippen molar-refractivity contribution < 1.29 is 28.7 Å². The predicted octanol–water partition coefficient (Wildman–Crippen LogP) is 8.87. The summed E-state index contributed by atoms with van der Waals surface area (Å²) in [4.78, 5) is 73.4. The minimum absolute atomic E-state index is 0.0761. The van der Waals surface area contributed by atoms with Gasteiger partial charge in [0, 0.05) is 18.2 Å². The van der Waals surface area contributed by atoms with Crippen LogP contribution in [0, 0.1) is 17.3 Å². The van der Waals surface area contributed by atoms with Crippen molar-refractivity contribution in [1.82, 2.24) is 40.4 Å². The molecule has 1 spiro atoms. The molecule has 4 amide bonds. The van der Waals surface area contributed by atoms with E-state index in [1.807, 2.05) is 66.4 Å². The van der Waals surface area contributed by atoms with E-state index < -0.39 is 24.3 Å². The predicted molar refractivity (Wildman–Crippen MR) is 245 cm³/mol. The van der Waals surface area contributed by atoms with Crippen molar-refractivity contribution in [2.24, 2.45) is 17.3 Å². The Bertz CT molecular complexity index is 2760. The maximum absolute atomic E-state index is 14.3. The second-order valence-electron chi connectivity index (χ2n) is 18.7. The third-order valence-electron chi connectivity index (χ3n) is 14.3. The van der Waals surface area contributed by atoms with E-state index in [9.17, 15) is 19.2 Å². The summed E-state index contributed by atoms with van der Waals surface area (Å²) >= 11 is 0. The van der Waals surface area contributed by atoms with E-state index >= 15 is 0 Å². The lowest BCUT2D eigenvalue weighted by molar-refractivity contribution is -0.138. The van der Waals surface area contributed by atoms with E-state index in [-0.39, 0.29) is 47.2 Å². The van der Waals surface area contributed by atoms with Crippen LogP contribution in [0.2, 0.25) is 0 Å². The van der Waals surface area contributed by atoms with Gasteiger partial charge in [0.25, 0.3) is 5.91 Å². The lowest BCUT2D eigenvalue weighted by Crippen LogP contribution is -2.51. The van der Waals surface area contributed by atoms with Crippen LogP contribution in [0.25, 0.3) is 44.4 Å². The van der Waals surface area contributed by atoms with Crippen LogP contribution >= 0.6 is 0 Å². The molecule has 10 rings (SSSR count). The quantitative estimate of drug-likeness (QED) is 0.0999. The number of nitrogens with zero attached hydrogens (tertiary/aromatic N) is 4. The minimum atomic E-state index is -0.874. The maximum Gasteiger partial charge on any atom is 0.407 e. The van der Waals surface area contributed by atoms with Crippen LogP contribution in [0.5, 0.6) is 0 Å². The summed E-state index contributed by atoms with van der Waals surface area (Å²) in [5.41, 5.74) is 6.74. The highest BCUT2D eigenvalue weighted by Gasteiger charge is 2.55. The number of carbonyl (C=O) groups excluding carboxylic acids is 4. The number of fused-ring (bicyclic) bond motifs is 3. The highest BCUT2D eigenvalue weighted by atomic mass is 16.5. The van der Waals surface area contributed by atoms with Gasteiger partial charge in [0.05, 0.1) is 50.1 Å². The zero-order valence-corrected chi connectivity index (χ0v) is 37.0. The molecule has 14 nitrogen and oxygen atoms in total. The van der Waals surface area contributed by atoms with Crippen LogP contribution in [0.1, 0.15) is 87.7 Å². The van der Waals surface area contributed by atoms with E-state index in [0.29, 0.717) is 12.1 Å². The number of rotatable bonds is 11. The van der Waals surface area contributed by atoms with Crippen molar-refractivity contribution in [2.45, 2.75) is 82.6 Å². The topological polar surface area (TPSA) is 175 Å². The van der Waals surface area contributed by atoms with Crippen molar-refractivity contribution in [3.8, 4) is 33.6 Å². The van der Waals surface area contributed by atoms with Crippen LogP contribution in [-0.2, 0) is 19.1 Å². The molecule has 2 bridgehead atoms. The molecule has 14 heteroatoms. The van der Waals surface area contributed by atoms with Gasteiger partial charge < -0.3 is 39.9 Å². The Morgan fingerprint density at radius 3 is 2.03 bits per heavy atom. The number of benzene rings is 4. The SMILES string of the molecule is COC(=O)NC(C(=O)N1C2CCC(C2)C1c1ncc(-c2ccc(-c3ccc4cc(-c5cnc(C6CC7(CC7)CN6C(=O)C(NC(=O)OC)C(C)C)[nH]5)ccc4c3)cc2)[nH]1)c1ccccc1. The van der Waals surface area contributed by atoms with Crippen LogP contribution in [0.3, 0.4) is 0 Å². The van der Waals surface area contributed by atoms with E-state index in [4.69, 9.17) is 19.4 Å². The molecule has 2 saturated carbocycles. The van der Waals surface area contributed by atoms with Gasteiger partial charge in [-0.15, -0.1) is 0 Å². The van der Waals surface area contributed by atoms with Crippen LogP contribution < -0.4 is 10.6 Å². The first-order valence-electron chi connectivity index (χ1n) is 22.6. The van der Waals surface area contributed by atoms with Crippen LogP contribution in [0.15, 0.2) is 103 Å². The Balaban J connectivity index is 0.838. The fourth-order valence-electron chi connectivity index (χ4n) is 10.6. The van der Waals surface area contributed by atoms with Gasteiger partial charge in [0.1, 0.15) is 23.7 Å². The molecular weight excluding hydrogens is 821 g/mol. The fraction of sp³-hybridized carbons (Fsp3) is 0.373.